The van der Waals surface area contributed by atoms with E-state index in [-0.39, 0.29) is 28.4 Å². The number of allylic oxidation sites excluding steroid dienone is 4. The fourth-order valence-corrected chi connectivity index (χ4v) is 3.98. The molecule has 28 heavy (non-hydrogen) atoms. The Hall–Kier alpha value is -2.72. The Kier molecular flexibility index (Phi) is 5.80. The van der Waals surface area contributed by atoms with Crippen molar-refractivity contribution in [1.29, 1.82) is 0 Å². The van der Waals surface area contributed by atoms with Crippen LogP contribution in [0.5, 0.6) is 0 Å². The van der Waals surface area contributed by atoms with Gasteiger partial charge in [-0.15, -0.1) is 23.5 Å². The summed E-state index contributed by atoms with van der Waals surface area (Å²) in [6, 6.07) is 0. The molecule has 2 N–H and O–H groups in total. The monoisotopic (exact) mass is 416 g/mol. The number of nitrogens with zero attached hydrogens (tertiary/aromatic N) is 2. The van der Waals surface area contributed by atoms with Crippen LogP contribution < -0.4 is 0 Å². The third-order valence-corrected chi connectivity index (χ3v) is 5.59. The second-order valence-corrected chi connectivity index (χ2v) is 8.56. The van der Waals surface area contributed by atoms with Crippen LogP contribution in [-0.2, 0) is 0 Å². The van der Waals surface area contributed by atoms with Gasteiger partial charge in [-0.05, 0) is 6.26 Å². The lowest BCUT2D eigenvalue weighted by molar-refractivity contribution is 0.0989. The summed E-state index contributed by atoms with van der Waals surface area (Å²) in [5, 5.41) is 12.7. The van der Waals surface area contributed by atoms with Gasteiger partial charge in [0.25, 0.3) is 0 Å². The topological polar surface area (TPSA) is 126 Å². The summed E-state index contributed by atoms with van der Waals surface area (Å²) in [5.74, 6) is -0.602. The summed E-state index contributed by atoms with van der Waals surface area (Å²) < 4.78 is 0. The fraction of sp³-hybridized carbons (Fsp3) is 0.222. The van der Waals surface area contributed by atoms with Crippen molar-refractivity contribution in [2.45, 2.75) is 19.1 Å². The molecule has 0 saturated carbocycles. The second kappa shape index (κ2) is 8.11. The number of aromatic amines is 2. The molecule has 0 bridgehead atoms. The molecule has 0 fully saturated rings. The normalized spacial score (nSPS) is 15.6. The molecular formula is C18H16N4O4S2. The van der Waals surface area contributed by atoms with E-state index in [4.69, 9.17) is 0 Å². The summed E-state index contributed by atoms with van der Waals surface area (Å²) in [6.45, 7) is 3.96. The van der Waals surface area contributed by atoms with E-state index in [2.05, 4.69) is 20.4 Å². The van der Waals surface area contributed by atoms with Crippen LogP contribution in [0, 0.1) is 0 Å². The highest BCUT2D eigenvalue weighted by Crippen LogP contribution is 2.29. The minimum atomic E-state index is -0.184. The van der Waals surface area contributed by atoms with Gasteiger partial charge in [0.05, 0.1) is 33.3 Å². The Morgan fingerprint density at radius 1 is 0.821 bits per heavy atom. The highest BCUT2D eigenvalue weighted by atomic mass is 32.2. The molecular weight excluding hydrogens is 400 g/mol. The number of hydrogen-bond donors (Lipinski definition) is 2. The first kappa shape index (κ1) is 20.0. The average Bonchev–Trinajstić information content (AvgIpc) is 3.32. The first-order valence-corrected chi connectivity index (χ1v) is 10.3. The third-order valence-electron chi connectivity index (χ3n) is 3.82. The van der Waals surface area contributed by atoms with E-state index in [0.717, 1.165) is 0 Å². The molecule has 0 radical (unpaired) electrons. The Morgan fingerprint density at radius 3 is 1.75 bits per heavy atom. The van der Waals surface area contributed by atoms with E-state index in [1.54, 1.807) is 6.26 Å². The van der Waals surface area contributed by atoms with Crippen molar-refractivity contribution < 1.29 is 19.2 Å². The maximum absolute atomic E-state index is 11.9. The standard InChI is InChI=1S/C10H10N2O2S.C8H6N2O2S/c1-5(2)15-8-3-7(13)9-6(10(8)14)4-11-12-9;1-13-6-2-5(11)7-4(8(6)12)3-9-10-7/h3-5H,1-2H3,(H,11,12);2-3H,1H3,(H,9,10). The van der Waals surface area contributed by atoms with E-state index in [1.165, 1.54) is 48.1 Å². The summed E-state index contributed by atoms with van der Waals surface area (Å²) in [6.07, 6.45) is 7.28. The fourth-order valence-electron chi connectivity index (χ4n) is 2.56. The molecule has 2 heterocycles. The number of aromatic nitrogens is 4. The van der Waals surface area contributed by atoms with Gasteiger partial charge in [0.1, 0.15) is 11.4 Å². The number of rotatable bonds is 3. The van der Waals surface area contributed by atoms with Crippen LogP contribution in [0.3, 0.4) is 0 Å². The van der Waals surface area contributed by atoms with Gasteiger partial charge in [0, 0.05) is 17.4 Å². The van der Waals surface area contributed by atoms with E-state index in [1.807, 2.05) is 13.8 Å². The van der Waals surface area contributed by atoms with Gasteiger partial charge in [0.15, 0.2) is 0 Å². The highest BCUT2D eigenvalue weighted by molar-refractivity contribution is 8.04. The number of ketones is 4. The number of thioether (sulfide) groups is 2. The van der Waals surface area contributed by atoms with Crippen molar-refractivity contribution in [3.05, 3.63) is 56.9 Å². The SMILES string of the molecule is CC(C)SC1=CC(=O)c2[nH]ncc2C1=O.CSC1=CC(=O)c2[nH]ncc2C1=O. The van der Waals surface area contributed by atoms with Crippen LogP contribution >= 0.6 is 23.5 Å². The number of carbonyl (C=O) groups is 4. The van der Waals surface area contributed by atoms with E-state index in [9.17, 15) is 19.2 Å². The van der Waals surface area contributed by atoms with Gasteiger partial charge in [-0.2, -0.15) is 10.2 Å². The number of nitrogens with one attached hydrogen (secondary N) is 2. The summed E-state index contributed by atoms with van der Waals surface area (Å²) in [4.78, 5) is 47.3. The highest BCUT2D eigenvalue weighted by Gasteiger charge is 2.28. The quantitative estimate of drug-likeness (QED) is 0.782. The molecule has 0 amide bonds. The lowest BCUT2D eigenvalue weighted by atomic mass is 10.0. The van der Waals surface area contributed by atoms with E-state index < -0.39 is 0 Å². The number of carbonyl (C=O) groups excluding carboxylic acids is 4. The van der Waals surface area contributed by atoms with Crippen molar-refractivity contribution in [1.82, 2.24) is 20.4 Å². The van der Waals surface area contributed by atoms with Crippen LogP contribution in [0.25, 0.3) is 0 Å². The van der Waals surface area contributed by atoms with E-state index in [0.29, 0.717) is 32.3 Å². The molecule has 2 aromatic rings. The maximum Gasteiger partial charge on any atom is 0.205 e. The molecule has 2 aliphatic carbocycles. The van der Waals surface area contributed by atoms with Crippen molar-refractivity contribution in [3.63, 3.8) is 0 Å². The van der Waals surface area contributed by atoms with Gasteiger partial charge in [-0.25, -0.2) is 0 Å². The molecule has 0 aromatic carbocycles. The van der Waals surface area contributed by atoms with Crippen LogP contribution in [0.2, 0.25) is 0 Å². The number of H-pyrrole nitrogens is 2. The second-order valence-electron chi connectivity index (χ2n) is 6.09. The van der Waals surface area contributed by atoms with Gasteiger partial charge in [-0.1, -0.05) is 13.8 Å². The lowest BCUT2D eigenvalue weighted by Gasteiger charge is -2.12. The summed E-state index contributed by atoms with van der Waals surface area (Å²) >= 11 is 2.68. The molecule has 2 aromatic heterocycles. The van der Waals surface area contributed by atoms with E-state index >= 15 is 0 Å². The van der Waals surface area contributed by atoms with Crippen LogP contribution in [0.4, 0.5) is 0 Å². The van der Waals surface area contributed by atoms with Crippen LogP contribution in [0.1, 0.15) is 55.5 Å². The smallest absolute Gasteiger partial charge is 0.205 e. The third kappa shape index (κ3) is 3.78. The number of fused-ring (bicyclic) bond motifs is 2. The molecule has 0 atom stereocenters. The molecule has 0 spiro atoms. The molecule has 0 aliphatic heterocycles. The van der Waals surface area contributed by atoms with Gasteiger partial charge >= 0.3 is 0 Å². The van der Waals surface area contributed by atoms with Gasteiger partial charge in [-0.3, -0.25) is 29.4 Å². The van der Waals surface area contributed by atoms with Crippen molar-refractivity contribution in [2.75, 3.05) is 6.26 Å². The van der Waals surface area contributed by atoms with Crippen LogP contribution in [0.15, 0.2) is 34.4 Å². The predicted molar refractivity (Wildman–Crippen MR) is 107 cm³/mol. The van der Waals surface area contributed by atoms with Gasteiger partial charge < -0.3 is 0 Å². The van der Waals surface area contributed by atoms with Crippen molar-refractivity contribution in [2.24, 2.45) is 0 Å². The zero-order chi connectivity index (χ0) is 20.4. The minimum absolute atomic E-state index is 0.114. The maximum atomic E-state index is 11.9. The molecule has 8 nitrogen and oxygen atoms in total. The Balaban J connectivity index is 0.000000162. The van der Waals surface area contributed by atoms with Gasteiger partial charge in [0.2, 0.25) is 23.1 Å². The molecule has 0 saturated heterocycles. The summed E-state index contributed by atoms with van der Waals surface area (Å²) in [5.41, 5.74) is 1.35. The molecule has 4 rings (SSSR count). The Morgan fingerprint density at radius 2 is 1.29 bits per heavy atom. The largest absolute Gasteiger partial charge is 0.288 e. The van der Waals surface area contributed by atoms with Crippen molar-refractivity contribution in [3.8, 4) is 0 Å². The Bertz CT molecular complexity index is 1050. The lowest BCUT2D eigenvalue weighted by Crippen LogP contribution is -2.15. The number of Topliss-reactive ketones (excluding diaryl/α,β-unsaturated/α-hetero) is 2. The average molecular weight is 416 g/mol. The number of hydrogen-bond acceptors (Lipinski definition) is 8. The predicted octanol–water partition coefficient (Wildman–Crippen LogP) is 2.85. The van der Waals surface area contributed by atoms with Crippen LogP contribution in [-0.4, -0.2) is 55.0 Å². The molecule has 0 unspecified atom stereocenters. The van der Waals surface area contributed by atoms with Crippen molar-refractivity contribution >= 4 is 46.7 Å². The molecule has 144 valence electrons. The zero-order valence-electron chi connectivity index (χ0n) is 15.2. The molecule has 10 heteroatoms. The minimum Gasteiger partial charge on any atom is -0.288 e. The Labute approximate surface area is 168 Å². The first-order chi connectivity index (χ1) is 13.3. The first-order valence-electron chi connectivity index (χ1n) is 8.22. The zero-order valence-corrected chi connectivity index (χ0v) is 16.9. The molecule has 2 aliphatic rings. The summed E-state index contributed by atoms with van der Waals surface area (Å²) in [7, 11) is 0.